The first-order chi connectivity index (χ1) is 17.3. The highest BCUT2D eigenvalue weighted by Crippen LogP contribution is 2.68. The van der Waals surface area contributed by atoms with Crippen molar-refractivity contribution in [2.45, 2.75) is 123 Å². The Morgan fingerprint density at radius 1 is 0.919 bits per heavy atom. The number of carboxylic acid groups (broad SMARTS) is 1. The molecule has 7 heteroatoms. The molecule has 13 atom stereocenters. The van der Waals surface area contributed by atoms with Crippen molar-refractivity contribution in [3.05, 3.63) is 0 Å². The number of hydrogen-bond donors (Lipinski definition) is 5. The van der Waals surface area contributed by atoms with Crippen LogP contribution >= 0.6 is 0 Å². The van der Waals surface area contributed by atoms with Gasteiger partial charge in [-0.2, -0.15) is 0 Å². The van der Waals surface area contributed by atoms with E-state index in [4.69, 9.17) is 0 Å². The third kappa shape index (κ3) is 4.98. The van der Waals surface area contributed by atoms with E-state index >= 15 is 0 Å². The summed E-state index contributed by atoms with van der Waals surface area (Å²) < 4.78 is 0. The fraction of sp³-hybridized carbons (Fsp3) is 0.933. The Morgan fingerprint density at radius 3 is 2.22 bits per heavy atom. The van der Waals surface area contributed by atoms with E-state index in [9.17, 15) is 30.0 Å². The summed E-state index contributed by atoms with van der Waals surface area (Å²) in [4.78, 5) is 24.3. The van der Waals surface area contributed by atoms with Gasteiger partial charge in [-0.05, 0) is 104 Å². The number of aliphatic carboxylic acids is 1. The van der Waals surface area contributed by atoms with Crippen LogP contribution in [0.4, 0.5) is 0 Å². The van der Waals surface area contributed by atoms with Crippen LogP contribution in [0.25, 0.3) is 0 Å². The summed E-state index contributed by atoms with van der Waals surface area (Å²) >= 11 is 0. The van der Waals surface area contributed by atoms with Crippen LogP contribution in [0, 0.1) is 52.3 Å². The fourth-order valence-electron chi connectivity index (χ4n) is 9.70. The van der Waals surface area contributed by atoms with Crippen molar-refractivity contribution in [2.24, 2.45) is 52.3 Å². The summed E-state index contributed by atoms with van der Waals surface area (Å²) in [5, 5.41) is 45.2. The van der Waals surface area contributed by atoms with Crippen molar-refractivity contribution in [1.29, 1.82) is 0 Å². The van der Waals surface area contributed by atoms with Gasteiger partial charge in [0, 0.05) is 6.42 Å². The molecule has 4 fully saturated rings. The number of carbonyl (C=O) groups excluding carboxylic acids is 1. The highest BCUT2D eigenvalue weighted by atomic mass is 16.4. The average Bonchev–Trinajstić information content (AvgIpc) is 3.21. The van der Waals surface area contributed by atoms with Gasteiger partial charge < -0.3 is 25.7 Å². The second kappa shape index (κ2) is 10.8. The number of nitrogens with one attached hydrogen (secondary N) is 1. The minimum Gasteiger partial charge on any atom is -0.480 e. The number of carboxylic acids is 1. The number of carbonyl (C=O) groups is 2. The molecule has 0 spiro atoms. The third-order valence-electron chi connectivity index (χ3n) is 12.1. The Morgan fingerprint density at radius 2 is 1.57 bits per heavy atom. The molecule has 0 aromatic heterocycles. The van der Waals surface area contributed by atoms with Crippen molar-refractivity contribution < 1.29 is 30.0 Å². The quantitative estimate of drug-likeness (QED) is 0.329. The number of aliphatic hydroxyl groups is 3. The van der Waals surface area contributed by atoms with E-state index in [1.54, 1.807) is 0 Å². The molecule has 4 rings (SSSR count). The topological polar surface area (TPSA) is 127 Å². The van der Waals surface area contributed by atoms with Gasteiger partial charge in [0.15, 0.2) is 0 Å². The molecule has 0 aromatic carbocycles. The lowest BCUT2D eigenvalue weighted by Gasteiger charge is -2.63. The molecule has 4 aliphatic rings. The smallest absolute Gasteiger partial charge is 0.326 e. The molecule has 212 valence electrons. The van der Waals surface area contributed by atoms with E-state index in [-0.39, 0.29) is 40.6 Å². The molecule has 5 N–H and O–H groups in total. The Balaban J connectivity index is 1.43. The van der Waals surface area contributed by atoms with Crippen molar-refractivity contribution in [3.8, 4) is 0 Å². The molecular weight excluding hydrogens is 470 g/mol. The minimum absolute atomic E-state index is 0.0397. The predicted molar refractivity (Wildman–Crippen MR) is 141 cm³/mol. The summed E-state index contributed by atoms with van der Waals surface area (Å²) in [6.45, 7) is 10.7. The van der Waals surface area contributed by atoms with Crippen LogP contribution in [0.1, 0.15) is 98.8 Å². The molecule has 37 heavy (non-hydrogen) atoms. The Bertz CT molecular complexity index is 850. The minimum atomic E-state index is -0.977. The van der Waals surface area contributed by atoms with E-state index in [2.05, 4.69) is 26.1 Å². The van der Waals surface area contributed by atoms with Gasteiger partial charge in [0.1, 0.15) is 6.04 Å². The monoisotopic (exact) mass is 521 g/mol. The van der Waals surface area contributed by atoms with Crippen LogP contribution < -0.4 is 5.32 Å². The zero-order valence-corrected chi connectivity index (χ0v) is 23.5. The number of hydrogen-bond acceptors (Lipinski definition) is 5. The van der Waals surface area contributed by atoms with E-state index in [0.29, 0.717) is 42.9 Å². The largest absolute Gasteiger partial charge is 0.480 e. The van der Waals surface area contributed by atoms with Gasteiger partial charge in [-0.3, -0.25) is 4.79 Å². The summed E-state index contributed by atoms with van der Waals surface area (Å²) in [6, 6.07) is -0.846. The molecule has 4 saturated carbocycles. The SMILES string of the molecule is CCC(C)[C@H](NC(=O)CC[C@@H](C)[C@H]1CC[C@H]2[C@@H]3[C@@H](O)[C@H](O)[C@@H]4C[C@H](O)CC[C@]4(C)[C@H]3CC[C@]12C)C(=O)O. The van der Waals surface area contributed by atoms with Crippen LogP contribution in [0.5, 0.6) is 0 Å². The zero-order valence-electron chi connectivity index (χ0n) is 23.5. The molecule has 1 unspecified atom stereocenters. The standard InChI is InChI=1S/C30H51NO6/c1-6-16(2)25(28(36)37)31-23(33)10-7-17(3)19-8-9-20-24-21(12-14-29(19,20)4)30(5)13-11-18(32)15-22(30)26(34)27(24)35/h16-22,24-27,32,34-35H,6-15H2,1-5H3,(H,31,33)(H,36,37)/t16?,17-,18-,19-,20+,21+,22+,24+,25+,26-,27-,29-,30-/m1/s1. The lowest BCUT2D eigenvalue weighted by molar-refractivity contribution is -0.223. The van der Waals surface area contributed by atoms with Crippen LogP contribution in [0.2, 0.25) is 0 Å². The van der Waals surface area contributed by atoms with Gasteiger partial charge in [-0.25, -0.2) is 4.79 Å². The summed E-state index contributed by atoms with van der Waals surface area (Å²) in [7, 11) is 0. The van der Waals surface area contributed by atoms with E-state index in [1.807, 2.05) is 13.8 Å². The first-order valence-corrected chi connectivity index (χ1v) is 14.9. The molecule has 0 aliphatic heterocycles. The maximum Gasteiger partial charge on any atom is 0.326 e. The summed E-state index contributed by atoms with van der Waals surface area (Å²) in [5.41, 5.74) is 0.0252. The zero-order chi connectivity index (χ0) is 27.3. The van der Waals surface area contributed by atoms with Gasteiger partial charge in [-0.15, -0.1) is 0 Å². The number of amides is 1. The highest BCUT2D eigenvalue weighted by molar-refractivity contribution is 5.83. The normalized spacial score (nSPS) is 45.6. The molecule has 0 radical (unpaired) electrons. The van der Waals surface area contributed by atoms with Gasteiger partial charge in [0.05, 0.1) is 18.3 Å². The molecule has 0 bridgehead atoms. The van der Waals surface area contributed by atoms with Crippen molar-refractivity contribution in [2.75, 3.05) is 0 Å². The highest BCUT2D eigenvalue weighted by Gasteiger charge is 2.65. The molecule has 0 heterocycles. The molecular formula is C30H51NO6. The summed E-state index contributed by atoms with van der Waals surface area (Å²) in [6.07, 6.45) is 6.38. The average molecular weight is 522 g/mol. The first-order valence-electron chi connectivity index (χ1n) is 14.9. The van der Waals surface area contributed by atoms with Crippen LogP contribution in [-0.4, -0.2) is 56.7 Å². The van der Waals surface area contributed by atoms with Crippen molar-refractivity contribution in [3.63, 3.8) is 0 Å². The van der Waals surface area contributed by atoms with Gasteiger partial charge >= 0.3 is 5.97 Å². The number of rotatable bonds is 8. The molecule has 1 amide bonds. The predicted octanol–water partition coefficient (Wildman–Crippen LogP) is 3.98. The van der Waals surface area contributed by atoms with Gasteiger partial charge in [0.25, 0.3) is 0 Å². The number of aliphatic hydroxyl groups excluding tert-OH is 3. The first kappa shape index (κ1) is 28.8. The Labute approximate surface area is 222 Å². The Kier molecular flexibility index (Phi) is 8.39. The lowest BCUT2D eigenvalue weighted by atomic mass is 9.43. The molecule has 4 aliphatic carbocycles. The second-order valence-electron chi connectivity index (χ2n) is 13.8. The fourth-order valence-corrected chi connectivity index (χ4v) is 9.70. The van der Waals surface area contributed by atoms with Crippen molar-refractivity contribution in [1.82, 2.24) is 5.32 Å². The van der Waals surface area contributed by atoms with E-state index < -0.39 is 24.2 Å². The maximum absolute atomic E-state index is 12.7. The van der Waals surface area contributed by atoms with Gasteiger partial charge in [0.2, 0.25) is 5.91 Å². The second-order valence-corrected chi connectivity index (χ2v) is 13.8. The summed E-state index contributed by atoms with van der Waals surface area (Å²) in [5.74, 6) is 0.243. The molecule has 0 saturated heterocycles. The molecule has 0 aromatic rings. The third-order valence-corrected chi connectivity index (χ3v) is 12.1. The van der Waals surface area contributed by atoms with Crippen LogP contribution in [0.3, 0.4) is 0 Å². The number of fused-ring (bicyclic) bond motifs is 5. The van der Waals surface area contributed by atoms with Crippen LogP contribution in [-0.2, 0) is 9.59 Å². The Hall–Kier alpha value is -1.18. The lowest BCUT2D eigenvalue weighted by Crippen LogP contribution is -2.64. The van der Waals surface area contributed by atoms with Crippen molar-refractivity contribution >= 4 is 11.9 Å². The van der Waals surface area contributed by atoms with E-state index in [1.165, 1.54) is 0 Å². The van der Waals surface area contributed by atoms with Gasteiger partial charge in [-0.1, -0.05) is 41.0 Å². The van der Waals surface area contributed by atoms with Crippen LogP contribution in [0.15, 0.2) is 0 Å². The molecule has 7 nitrogen and oxygen atoms in total. The van der Waals surface area contributed by atoms with E-state index in [0.717, 1.165) is 44.9 Å². The maximum atomic E-state index is 12.7.